The quantitative estimate of drug-likeness (QED) is 0.751. The Labute approximate surface area is 107 Å². The zero-order valence-electron chi connectivity index (χ0n) is 11.0. The van der Waals surface area contributed by atoms with Crippen LogP contribution in [0.15, 0.2) is 0 Å². The average molecular weight is 258 g/mol. The normalized spacial score (nSPS) is 23.2. The molecule has 6 heteroatoms. The number of aliphatic hydroxyl groups excluding tert-OH is 1. The number of nitrogens with zero attached hydrogens (tertiary/aromatic N) is 2. The van der Waals surface area contributed by atoms with Crippen LogP contribution >= 0.6 is 0 Å². The third-order valence-electron chi connectivity index (χ3n) is 3.33. The molecule has 0 radical (unpaired) electrons. The van der Waals surface area contributed by atoms with Gasteiger partial charge in [0.15, 0.2) is 0 Å². The van der Waals surface area contributed by atoms with Gasteiger partial charge in [0, 0.05) is 26.2 Å². The number of aliphatic hydroxyl groups is 1. The second kappa shape index (κ2) is 6.58. The van der Waals surface area contributed by atoms with E-state index in [1.165, 1.54) is 0 Å². The van der Waals surface area contributed by atoms with Crippen LogP contribution in [-0.4, -0.2) is 64.8 Å². The van der Waals surface area contributed by atoms with Crippen molar-refractivity contribution in [1.29, 1.82) is 0 Å². The summed E-state index contributed by atoms with van der Waals surface area (Å²) < 4.78 is 0. The third kappa shape index (κ3) is 3.35. The largest absolute Gasteiger partial charge is 0.481 e. The molecule has 0 aliphatic carbocycles. The number of hydrogen-bond donors (Lipinski definition) is 2. The number of carboxylic acids is 1. The van der Waals surface area contributed by atoms with Crippen molar-refractivity contribution in [3.05, 3.63) is 0 Å². The Bertz CT molecular complexity index is 302. The van der Waals surface area contributed by atoms with Crippen molar-refractivity contribution in [2.75, 3.05) is 32.8 Å². The minimum Gasteiger partial charge on any atom is -0.481 e. The molecular weight excluding hydrogens is 236 g/mol. The molecule has 0 spiro atoms. The van der Waals surface area contributed by atoms with E-state index in [1.807, 2.05) is 13.8 Å². The SMILES string of the molecule is CCCN(CCO)C(=O)N1C[C@@H](C)[C@H](C(=O)O)C1. The van der Waals surface area contributed by atoms with Gasteiger partial charge in [-0.1, -0.05) is 13.8 Å². The van der Waals surface area contributed by atoms with E-state index in [9.17, 15) is 9.59 Å². The lowest BCUT2D eigenvalue weighted by Gasteiger charge is -2.27. The van der Waals surface area contributed by atoms with Crippen LogP contribution in [0.2, 0.25) is 0 Å². The minimum absolute atomic E-state index is 0.0240. The van der Waals surface area contributed by atoms with Gasteiger partial charge >= 0.3 is 12.0 Å². The molecule has 0 unspecified atom stereocenters. The number of rotatable bonds is 5. The van der Waals surface area contributed by atoms with Gasteiger partial charge in [-0.15, -0.1) is 0 Å². The average Bonchev–Trinajstić information content (AvgIpc) is 2.70. The summed E-state index contributed by atoms with van der Waals surface area (Å²) in [5.41, 5.74) is 0. The topological polar surface area (TPSA) is 81.1 Å². The first-order valence-electron chi connectivity index (χ1n) is 6.38. The highest BCUT2D eigenvalue weighted by Gasteiger charge is 2.38. The third-order valence-corrected chi connectivity index (χ3v) is 3.33. The first-order valence-corrected chi connectivity index (χ1v) is 6.38. The lowest BCUT2D eigenvalue weighted by molar-refractivity contribution is -0.142. The maximum atomic E-state index is 12.2. The summed E-state index contributed by atoms with van der Waals surface area (Å²) in [6, 6.07) is -0.165. The minimum atomic E-state index is -0.845. The first-order chi connectivity index (χ1) is 8.51. The number of hydrogen-bond acceptors (Lipinski definition) is 3. The second-order valence-electron chi connectivity index (χ2n) is 4.82. The van der Waals surface area contributed by atoms with Crippen LogP contribution in [0.5, 0.6) is 0 Å². The molecule has 1 heterocycles. The molecule has 2 atom stereocenters. The van der Waals surface area contributed by atoms with Crippen LogP contribution in [0.4, 0.5) is 4.79 Å². The highest BCUT2D eigenvalue weighted by molar-refractivity contribution is 5.77. The Hall–Kier alpha value is -1.30. The van der Waals surface area contributed by atoms with Gasteiger partial charge in [-0.3, -0.25) is 4.79 Å². The van der Waals surface area contributed by atoms with Crippen molar-refractivity contribution in [3.8, 4) is 0 Å². The Kier molecular flexibility index (Phi) is 5.40. The number of urea groups is 1. The fourth-order valence-electron chi connectivity index (χ4n) is 2.34. The molecule has 18 heavy (non-hydrogen) atoms. The summed E-state index contributed by atoms with van der Waals surface area (Å²) >= 11 is 0. The van der Waals surface area contributed by atoms with Gasteiger partial charge < -0.3 is 20.0 Å². The Morgan fingerprint density at radius 2 is 2.00 bits per heavy atom. The maximum Gasteiger partial charge on any atom is 0.320 e. The van der Waals surface area contributed by atoms with E-state index in [1.54, 1.807) is 9.80 Å². The van der Waals surface area contributed by atoms with Crippen LogP contribution in [0, 0.1) is 11.8 Å². The molecule has 104 valence electrons. The number of carbonyl (C=O) groups excluding carboxylic acids is 1. The van der Waals surface area contributed by atoms with Crippen LogP contribution in [0.25, 0.3) is 0 Å². The van der Waals surface area contributed by atoms with Crippen LogP contribution in [-0.2, 0) is 4.79 Å². The smallest absolute Gasteiger partial charge is 0.320 e. The van der Waals surface area contributed by atoms with Crippen LogP contribution in [0.3, 0.4) is 0 Å². The molecule has 1 saturated heterocycles. The van der Waals surface area contributed by atoms with Gasteiger partial charge in [-0.25, -0.2) is 4.79 Å². The van der Waals surface area contributed by atoms with Gasteiger partial charge in [0.1, 0.15) is 0 Å². The molecule has 2 amide bonds. The highest BCUT2D eigenvalue weighted by Crippen LogP contribution is 2.24. The fraction of sp³-hybridized carbons (Fsp3) is 0.833. The van der Waals surface area contributed by atoms with E-state index < -0.39 is 11.9 Å². The van der Waals surface area contributed by atoms with E-state index in [2.05, 4.69) is 0 Å². The predicted octanol–water partition coefficient (Wildman–Crippen LogP) is 0.463. The Morgan fingerprint density at radius 1 is 1.33 bits per heavy atom. The fourth-order valence-corrected chi connectivity index (χ4v) is 2.34. The molecular formula is C12H22N2O4. The van der Waals surface area contributed by atoms with Crippen molar-refractivity contribution in [3.63, 3.8) is 0 Å². The highest BCUT2D eigenvalue weighted by atomic mass is 16.4. The maximum absolute atomic E-state index is 12.2. The molecule has 2 N–H and O–H groups in total. The molecule has 1 aliphatic rings. The number of carbonyl (C=O) groups is 2. The summed E-state index contributed by atoms with van der Waals surface area (Å²) in [5, 5.41) is 18.0. The van der Waals surface area contributed by atoms with Gasteiger partial charge in [0.2, 0.25) is 0 Å². The molecule has 0 aromatic rings. The van der Waals surface area contributed by atoms with E-state index in [0.29, 0.717) is 19.6 Å². The Balaban J connectivity index is 2.64. The van der Waals surface area contributed by atoms with Crippen molar-refractivity contribution in [1.82, 2.24) is 9.80 Å². The summed E-state index contributed by atoms with van der Waals surface area (Å²) in [6.07, 6.45) is 0.817. The van der Waals surface area contributed by atoms with Crippen molar-refractivity contribution >= 4 is 12.0 Å². The van der Waals surface area contributed by atoms with Gasteiger partial charge in [0.05, 0.1) is 12.5 Å². The van der Waals surface area contributed by atoms with E-state index in [4.69, 9.17) is 10.2 Å². The first kappa shape index (κ1) is 14.8. The summed E-state index contributed by atoms with van der Waals surface area (Å²) in [7, 11) is 0. The summed E-state index contributed by atoms with van der Waals surface area (Å²) in [6.45, 7) is 5.36. The van der Waals surface area contributed by atoms with Crippen molar-refractivity contribution in [2.24, 2.45) is 11.8 Å². The van der Waals surface area contributed by atoms with Crippen LogP contribution < -0.4 is 0 Å². The second-order valence-corrected chi connectivity index (χ2v) is 4.82. The molecule has 6 nitrogen and oxygen atoms in total. The predicted molar refractivity (Wildman–Crippen MR) is 66.2 cm³/mol. The number of carboxylic acid groups (broad SMARTS) is 1. The lowest BCUT2D eigenvalue weighted by atomic mass is 9.99. The van der Waals surface area contributed by atoms with Gasteiger partial charge in [0.25, 0.3) is 0 Å². The molecule has 1 aliphatic heterocycles. The van der Waals surface area contributed by atoms with E-state index in [-0.39, 0.29) is 25.1 Å². The summed E-state index contributed by atoms with van der Waals surface area (Å²) in [4.78, 5) is 26.4. The lowest BCUT2D eigenvalue weighted by Crippen LogP contribution is -2.44. The van der Waals surface area contributed by atoms with Crippen LogP contribution in [0.1, 0.15) is 20.3 Å². The molecule has 0 saturated carbocycles. The standard InChI is InChI=1S/C12H22N2O4/c1-3-4-13(5-6-15)12(18)14-7-9(2)10(8-14)11(16)17/h9-10,15H,3-8H2,1-2H3,(H,16,17)/t9-,10-/m1/s1. The number of aliphatic carboxylic acids is 1. The number of amides is 2. The van der Waals surface area contributed by atoms with E-state index >= 15 is 0 Å². The molecule has 1 rings (SSSR count). The Morgan fingerprint density at radius 3 is 2.44 bits per heavy atom. The molecule has 1 fully saturated rings. The molecule has 0 aromatic carbocycles. The van der Waals surface area contributed by atoms with Gasteiger partial charge in [-0.05, 0) is 12.3 Å². The zero-order valence-corrected chi connectivity index (χ0v) is 11.0. The van der Waals surface area contributed by atoms with Crippen molar-refractivity contribution in [2.45, 2.75) is 20.3 Å². The number of likely N-dealkylation sites (tertiary alicyclic amines) is 1. The zero-order chi connectivity index (χ0) is 13.7. The molecule has 0 aromatic heterocycles. The van der Waals surface area contributed by atoms with E-state index in [0.717, 1.165) is 6.42 Å². The monoisotopic (exact) mass is 258 g/mol. The van der Waals surface area contributed by atoms with Gasteiger partial charge in [-0.2, -0.15) is 0 Å². The molecule has 0 bridgehead atoms. The summed E-state index contributed by atoms with van der Waals surface area (Å²) in [5.74, 6) is -1.35. The van der Waals surface area contributed by atoms with Crippen molar-refractivity contribution < 1.29 is 19.8 Å².